The zero-order valence-electron chi connectivity index (χ0n) is 77.3. The number of hydrogen-bond donors (Lipinski definition) is 0. The minimum atomic E-state index is 0.616. The first-order valence-electron chi connectivity index (χ1n) is 50.6. The van der Waals surface area contributed by atoms with Gasteiger partial charge in [-0.2, -0.15) is 0 Å². The Hall–Kier alpha value is 0. The van der Waals surface area contributed by atoms with E-state index in [1.165, 1.54) is 193 Å². The molecule has 618 valence electrons. The van der Waals surface area contributed by atoms with E-state index in [0.29, 0.717) is 59.6 Å². The third-order valence-corrected chi connectivity index (χ3v) is 48.6. The predicted molar refractivity (Wildman–Crippen MR) is 466 cm³/mol. The third-order valence-electron chi connectivity index (χ3n) is 48.6. The molecule has 0 aliphatic heterocycles. The summed E-state index contributed by atoms with van der Waals surface area (Å²) in [5, 5.41) is 0. The summed E-state index contributed by atoms with van der Waals surface area (Å²) < 4.78 is 0. The molecule has 0 heteroatoms. The van der Waals surface area contributed by atoms with Gasteiger partial charge in [0.2, 0.25) is 0 Å². The van der Waals surface area contributed by atoms with Gasteiger partial charge in [0.05, 0.1) is 0 Å². The van der Waals surface area contributed by atoms with E-state index in [2.05, 4.69) is 166 Å². The Bertz CT molecular complexity index is 2760. The van der Waals surface area contributed by atoms with Crippen LogP contribution in [0.25, 0.3) is 0 Å². The standard InChI is InChI=1S/3C14H24.C14H26.C13H22.2C13H24.C12H22/c2*1-13(2)11-6-7-12(10-11)14(13)8-4-3-5-9-14;1-3-13(2)11-6-7-12(10-11)14(13)8-4-5-9-14;1-5-13(4)11-8-9-12(10-11)14(13,6-2)7-3;1-12(2)10-5-6-11(9-10)13(12)7-3-4-8-13;1-5-12(3)10-7-8-11(9-10)13(12,4)6-2;1-5-13(6-2)11-8-7-10(9-11)12(13,3)4;1-5-12(4)10-7-6-9(8-10)11(12,2)3/h3*11-12H,3-10H2,1-2H3;11-12H,5-10H2,1-4H3;10-11H,3-9H2,1-2H3;2*10-11H,5-9H2,1-4H3;9-10H,5-8H2,1-4H3. The van der Waals surface area contributed by atoms with E-state index in [0.717, 1.165) is 122 Å². The van der Waals surface area contributed by atoms with E-state index >= 15 is 0 Å². The van der Waals surface area contributed by atoms with Crippen LogP contribution >= 0.6 is 0 Å². The lowest BCUT2D eigenvalue weighted by atomic mass is 9.52. The van der Waals surface area contributed by atoms with Crippen LogP contribution in [0.3, 0.4) is 0 Å². The second-order valence-electron chi connectivity index (χ2n) is 49.0. The van der Waals surface area contributed by atoms with Crippen LogP contribution in [-0.4, -0.2) is 0 Å². The summed E-state index contributed by atoms with van der Waals surface area (Å²) in [5.41, 5.74) is 11.2. The Kier molecular flexibility index (Phi) is 24.4. The topological polar surface area (TPSA) is 0 Å². The van der Waals surface area contributed by atoms with Crippen LogP contribution < -0.4 is 0 Å². The maximum Gasteiger partial charge on any atom is -0.0213 e. The van der Waals surface area contributed by atoms with Crippen molar-refractivity contribution in [2.24, 2.45) is 181 Å². The molecule has 107 heavy (non-hydrogen) atoms. The molecule has 0 aromatic rings. The first kappa shape index (κ1) is 84.9. The van der Waals surface area contributed by atoms with Gasteiger partial charge >= 0.3 is 0 Å². The van der Waals surface area contributed by atoms with Crippen molar-refractivity contribution in [1.82, 2.24) is 0 Å². The van der Waals surface area contributed by atoms with Gasteiger partial charge in [-0.05, 0) is 445 Å². The van der Waals surface area contributed by atoms with Gasteiger partial charge in [-0.25, -0.2) is 0 Å². The minimum Gasteiger partial charge on any atom is -0.0648 e. The predicted octanol–water partition coefficient (Wildman–Crippen LogP) is 34.2. The van der Waals surface area contributed by atoms with E-state index in [1.54, 1.807) is 135 Å². The summed E-state index contributed by atoms with van der Waals surface area (Å²) in [6.45, 7) is 60.1. The van der Waals surface area contributed by atoms with Crippen LogP contribution in [0.1, 0.15) is 494 Å². The van der Waals surface area contributed by atoms with Crippen molar-refractivity contribution >= 4 is 0 Å². The average molecular weight is 1480 g/mol. The molecule has 16 bridgehead atoms. The third kappa shape index (κ3) is 12.3. The minimum absolute atomic E-state index is 0.616. The van der Waals surface area contributed by atoms with Gasteiger partial charge in [-0.15, -0.1) is 0 Å². The molecule has 0 aromatic heterocycles. The monoisotopic (exact) mass is 1480 g/mol. The summed E-state index contributed by atoms with van der Waals surface area (Å²) >= 11 is 0. The Labute approximate surface area is 670 Å². The Morgan fingerprint density at radius 3 is 0.626 bits per heavy atom. The molecule has 0 saturated heterocycles. The number of hydrogen-bond acceptors (Lipinski definition) is 0. The van der Waals surface area contributed by atoms with Crippen molar-refractivity contribution in [1.29, 1.82) is 0 Å². The van der Waals surface area contributed by atoms with Crippen molar-refractivity contribution in [3.63, 3.8) is 0 Å². The maximum atomic E-state index is 2.63. The lowest BCUT2D eigenvalue weighted by molar-refractivity contribution is -0.0294. The van der Waals surface area contributed by atoms with Crippen molar-refractivity contribution in [2.75, 3.05) is 0 Å². The maximum absolute atomic E-state index is 2.63. The molecule has 0 radical (unpaired) electrons. The Morgan fingerprint density at radius 1 is 0.159 bits per heavy atom. The molecule has 20 aliphatic rings. The normalized spacial score (nSPS) is 46.1. The molecule has 4 spiro atoms. The van der Waals surface area contributed by atoms with Crippen molar-refractivity contribution in [3.8, 4) is 0 Å². The van der Waals surface area contributed by atoms with Crippen LogP contribution in [-0.2, 0) is 0 Å². The summed E-state index contributed by atoms with van der Waals surface area (Å²) in [7, 11) is 0. The fourth-order valence-electron chi connectivity index (χ4n) is 39.7. The first-order valence-corrected chi connectivity index (χ1v) is 50.6. The van der Waals surface area contributed by atoms with Crippen LogP contribution in [0.4, 0.5) is 0 Å². The van der Waals surface area contributed by atoms with E-state index in [1.807, 2.05) is 0 Å². The quantitative estimate of drug-likeness (QED) is 0.216. The molecule has 0 N–H and O–H groups in total. The zero-order valence-corrected chi connectivity index (χ0v) is 77.3. The van der Waals surface area contributed by atoms with E-state index in [-0.39, 0.29) is 0 Å². The van der Waals surface area contributed by atoms with Gasteiger partial charge in [-0.3, -0.25) is 0 Å². The highest BCUT2D eigenvalue weighted by Crippen LogP contribution is 2.78. The van der Waals surface area contributed by atoms with Crippen LogP contribution in [0.2, 0.25) is 0 Å². The van der Waals surface area contributed by atoms with Gasteiger partial charge in [0.25, 0.3) is 0 Å². The van der Waals surface area contributed by atoms with E-state index < -0.39 is 0 Å². The molecule has 20 rings (SSSR count). The van der Waals surface area contributed by atoms with Crippen molar-refractivity contribution in [2.45, 2.75) is 494 Å². The van der Waals surface area contributed by atoms with E-state index in [9.17, 15) is 0 Å². The lowest BCUT2D eigenvalue weighted by Gasteiger charge is -2.52. The number of rotatable bonds is 9. The summed E-state index contributed by atoms with van der Waals surface area (Å²) in [6, 6.07) is 0. The summed E-state index contributed by atoms with van der Waals surface area (Å²) in [5.74, 6) is 17.2. The summed E-state index contributed by atoms with van der Waals surface area (Å²) in [4.78, 5) is 0. The molecule has 21 unspecified atom stereocenters. The van der Waals surface area contributed by atoms with Crippen LogP contribution in [0.15, 0.2) is 0 Å². The van der Waals surface area contributed by atoms with Crippen molar-refractivity contribution < 1.29 is 0 Å². The van der Waals surface area contributed by atoms with Gasteiger partial charge < -0.3 is 0 Å². The molecule has 0 heterocycles. The molecule has 0 nitrogen and oxygen atoms in total. The molecule has 0 amide bonds. The molecule has 21 atom stereocenters. The molecule has 20 aliphatic carbocycles. The van der Waals surface area contributed by atoms with Crippen molar-refractivity contribution in [3.05, 3.63) is 0 Å². The lowest BCUT2D eigenvalue weighted by Crippen LogP contribution is -2.44. The SMILES string of the molecule is CC1(C)C2CCC(C2)C12CCCC2.CC1(C)C2CCC(C2)C12CCCCC2.CC1(C)C2CCC(C2)C12CCCCC2.CCC1(C)C2CCC(C2)C1(C)C.CCC1(C)C2CCC(C2)C1(C)CC.CCC1(C)C2CCC(C2)C1(CC)CC.CCC1(C)C2CCC(C2)C12CCCC2.CCC1(CC)C2CCC(C2)C1(C)C. The molecular formula is C107H190. The smallest absolute Gasteiger partial charge is 0.0213 e. The summed E-state index contributed by atoms with van der Waals surface area (Å²) in [6.07, 6.45) is 77.3. The first-order chi connectivity index (χ1) is 50.6. The van der Waals surface area contributed by atoms with Gasteiger partial charge in [-0.1, -0.05) is 230 Å². The van der Waals surface area contributed by atoms with Crippen LogP contribution in [0, 0.1) is 181 Å². The second-order valence-corrected chi connectivity index (χ2v) is 49.0. The molecule has 20 saturated carbocycles. The highest BCUT2D eigenvalue weighted by Gasteiger charge is 2.69. The zero-order chi connectivity index (χ0) is 77.3. The average Bonchev–Trinajstić information content (AvgIpc) is 1.46. The number of fused-ring (bicyclic) bond motifs is 20. The highest BCUT2D eigenvalue weighted by atomic mass is 14.7. The van der Waals surface area contributed by atoms with Crippen LogP contribution in [0.5, 0.6) is 0 Å². The van der Waals surface area contributed by atoms with E-state index in [4.69, 9.17) is 0 Å². The van der Waals surface area contributed by atoms with Gasteiger partial charge in [0.15, 0.2) is 0 Å². The molecule has 20 fully saturated rings. The Morgan fingerprint density at radius 2 is 0.364 bits per heavy atom. The molecular weight excluding hydrogens is 1290 g/mol. The van der Waals surface area contributed by atoms with Gasteiger partial charge in [0, 0.05) is 0 Å². The fourth-order valence-corrected chi connectivity index (χ4v) is 39.7. The second kappa shape index (κ2) is 30.7. The fraction of sp³-hybridized carbons (Fsp3) is 1.00. The van der Waals surface area contributed by atoms with Gasteiger partial charge in [0.1, 0.15) is 0 Å². The Balaban J connectivity index is 0.000000108. The highest BCUT2D eigenvalue weighted by molar-refractivity contribution is 5.18. The largest absolute Gasteiger partial charge is 0.0648 e. The molecule has 0 aromatic carbocycles.